The molecular weight excluding hydrogens is 254 g/mol. The van der Waals surface area contributed by atoms with Gasteiger partial charge in [-0.15, -0.1) is 0 Å². The molecule has 5 nitrogen and oxygen atoms in total. The Morgan fingerprint density at radius 2 is 2.15 bits per heavy atom. The van der Waals surface area contributed by atoms with Crippen molar-refractivity contribution in [3.63, 3.8) is 0 Å². The Balaban J connectivity index is 2.17. The van der Waals surface area contributed by atoms with E-state index in [0.29, 0.717) is 24.6 Å². The lowest BCUT2D eigenvalue weighted by Gasteiger charge is -2.23. The zero-order chi connectivity index (χ0) is 14.5. The molecule has 1 aliphatic rings. The number of benzene rings is 1. The van der Waals surface area contributed by atoms with Gasteiger partial charge in [0.05, 0.1) is 18.8 Å². The molecule has 1 aromatic carbocycles. The van der Waals surface area contributed by atoms with Crippen molar-refractivity contribution in [3.8, 4) is 5.75 Å². The predicted molar refractivity (Wildman–Crippen MR) is 81.1 cm³/mol. The van der Waals surface area contributed by atoms with Crippen molar-refractivity contribution in [2.75, 3.05) is 43.9 Å². The van der Waals surface area contributed by atoms with Crippen LogP contribution in [-0.4, -0.2) is 44.1 Å². The SMILES string of the molecule is CCCOc1cc(N2CCCN(C)C(=O)C2)ccc1N. The smallest absolute Gasteiger partial charge is 0.241 e. The zero-order valence-corrected chi connectivity index (χ0v) is 12.3. The van der Waals surface area contributed by atoms with Crippen molar-refractivity contribution in [3.05, 3.63) is 18.2 Å². The average Bonchev–Trinajstić information content (AvgIpc) is 2.60. The second kappa shape index (κ2) is 6.50. The molecule has 0 atom stereocenters. The Morgan fingerprint density at radius 3 is 2.90 bits per heavy atom. The van der Waals surface area contributed by atoms with E-state index in [2.05, 4.69) is 11.8 Å². The van der Waals surface area contributed by atoms with E-state index in [0.717, 1.165) is 31.6 Å². The highest BCUT2D eigenvalue weighted by atomic mass is 16.5. The summed E-state index contributed by atoms with van der Waals surface area (Å²) in [6.07, 6.45) is 1.91. The summed E-state index contributed by atoms with van der Waals surface area (Å²) in [5.74, 6) is 0.852. The standard InChI is InChI=1S/C15H23N3O2/c1-3-9-20-14-10-12(5-6-13(14)16)18-8-4-7-17(2)15(19)11-18/h5-6,10H,3-4,7-9,11,16H2,1-2H3. The fourth-order valence-corrected chi connectivity index (χ4v) is 2.26. The van der Waals surface area contributed by atoms with Crippen LogP contribution in [0.4, 0.5) is 11.4 Å². The number of nitrogen functional groups attached to an aromatic ring is 1. The van der Waals surface area contributed by atoms with E-state index < -0.39 is 0 Å². The van der Waals surface area contributed by atoms with E-state index in [1.54, 1.807) is 4.90 Å². The van der Waals surface area contributed by atoms with E-state index >= 15 is 0 Å². The van der Waals surface area contributed by atoms with E-state index in [9.17, 15) is 4.79 Å². The number of carbonyl (C=O) groups is 1. The van der Waals surface area contributed by atoms with Gasteiger partial charge in [-0.25, -0.2) is 0 Å². The van der Waals surface area contributed by atoms with Gasteiger partial charge in [0.1, 0.15) is 5.75 Å². The number of likely N-dealkylation sites (N-methyl/N-ethyl adjacent to an activating group) is 1. The van der Waals surface area contributed by atoms with Crippen LogP contribution in [0.5, 0.6) is 5.75 Å². The van der Waals surface area contributed by atoms with Crippen molar-refractivity contribution in [1.82, 2.24) is 4.90 Å². The van der Waals surface area contributed by atoms with E-state index in [1.165, 1.54) is 0 Å². The molecular formula is C15H23N3O2. The molecule has 0 aromatic heterocycles. The maximum Gasteiger partial charge on any atom is 0.241 e. The fraction of sp³-hybridized carbons (Fsp3) is 0.533. The monoisotopic (exact) mass is 277 g/mol. The molecule has 0 radical (unpaired) electrons. The molecule has 1 heterocycles. The maximum absolute atomic E-state index is 12.0. The van der Waals surface area contributed by atoms with Gasteiger partial charge in [0.15, 0.2) is 0 Å². The van der Waals surface area contributed by atoms with Crippen molar-refractivity contribution in [2.45, 2.75) is 19.8 Å². The first-order chi connectivity index (χ1) is 9.61. The van der Waals surface area contributed by atoms with Crippen LogP contribution in [0.15, 0.2) is 18.2 Å². The van der Waals surface area contributed by atoms with Crippen molar-refractivity contribution < 1.29 is 9.53 Å². The number of carbonyl (C=O) groups excluding carboxylic acids is 1. The quantitative estimate of drug-likeness (QED) is 0.851. The predicted octanol–water partition coefficient (Wildman–Crippen LogP) is 1.73. The summed E-state index contributed by atoms with van der Waals surface area (Å²) < 4.78 is 5.65. The summed E-state index contributed by atoms with van der Waals surface area (Å²) in [5, 5.41) is 0. The summed E-state index contributed by atoms with van der Waals surface area (Å²) in [6.45, 7) is 4.79. The normalized spacial score (nSPS) is 16.2. The van der Waals surface area contributed by atoms with Crippen LogP contribution in [0.1, 0.15) is 19.8 Å². The van der Waals surface area contributed by atoms with Gasteiger partial charge in [-0.2, -0.15) is 0 Å². The second-order valence-corrected chi connectivity index (χ2v) is 5.16. The minimum Gasteiger partial charge on any atom is -0.491 e. The van der Waals surface area contributed by atoms with Gasteiger partial charge in [0.2, 0.25) is 5.91 Å². The summed E-state index contributed by atoms with van der Waals surface area (Å²) >= 11 is 0. The van der Waals surface area contributed by atoms with Crippen LogP contribution >= 0.6 is 0 Å². The summed E-state index contributed by atoms with van der Waals surface area (Å²) in [6, 6.07) is 5.73. The number of hydrogen-bond acceptors (Lipinski definition) is 4. The Kier molecular flexibility index (Phi) is 4.71. The molecule has 110 valence electrons. The Morgan fingerprint density at radius 1 is 1.35 bits per heavy atom. The van der Waals surface area contributed by atoms with Gasteiger partial charge in [-0.3, -0.25) is 4.79 Å². The molecule has 2 rings (SSSR count). The molecule has 1 saturated heterocycles. The topological polar surface area (TPSA) is 58.8 Å². The molecule has 2 N–H and O–H groups in total. The third-order valence-electron chi connectivity index (χ3n) is 3.50. The molecule has 0 aliphatic carbocycles. The summed E-state index contributed by atoms with van der Waals surface area (Å²) in [7, 11) is 1.85. The highest BCUT2D eigenvalue weighted by Crippen LogP contribution is 2.28. The molecule has 0 unspecified atom stereocenters. The third kappa shape index (κ3) is 3.35. The van der Waals surface area contributed by atoms with Crippen molar-refractivity contribution in [2.24, 2.45) is 0 Å². The highest BCUT2D eigenvalue weighted by Gasteiger charge is 2.19. The van der Waals surface area contributed by atoms with Crippen LogP contribution in [0.2, 0.25) is 0 Å². The van der Waals surface area contributed by atoms with Gasteiger partial charge in [0.25, 0.3) is 0 Å². The van der Waals surface area contributed by atoms with Crippen molar-refractivity contribution in [1.29, 1.82) is 0 Å². The van der Waals surface area contributed by atoms with Crippen LogP contribution in [0, 0.1) is 0 Å². The molecule has 20 heavy (non-hydrogen) atoms. The van der Waals surface area contributed by atoms with E-state index in [-0.39, 0.29) is 5.91 Å². The number of hydrogen-bond donors (Lipinski definition) is 1. The van der Waals surface area contributed by atoms with Crippen molar-refractivity contribution >= 4 is 17.3 Å². The van der Waals surface area contributed by atoms with Gasteiger partial charge >= 0.3 is 0 Å². The second-order valence-electron chi connectivity index (χ2n) is 5.16. The minimum absolute atomic E-state index is 0.148. The van der Waals surface area contributed by atoms with Gasteiger partial charge < -0.3 is 20.3 Å². The molecule has 1 fully saturated rings. The van der Waals surface area contributed by atoms with Gasteiger partial charge in [-0.05, 0) is 25.0 Å². The molecule has 1 aliphatic heterocycles. The van der Waals surface area contributed by atoms with E-state index in [4.69, 9.17) is 10.5 Å². The van der Waals surface area contributed by atoms with Crippen LogP contribution in [-0.2, 0) is 4.79 Å². The molecule has 1 aromatic rings. The average molecular weight is 277 g/mol. The Bertz CT molecular complexity index is 476. The molecule has 0 saturated carbocycles. The number of nitrogens with two attached hydrogens (primary N) is 1. The third-order valence-corrected chi connectivity index (χ3v) is 3.50. The van der Waals surface area contributed by atoms with Gasteiger partial charge in [-0.1, -0.05) is 6.92 Å². The molecule has 5 heteroatoms. The first-order valence-corrected chi connectivity index (χ1v) is 7.13. The van der Waals surface area contributed by atoms with Crippen LogP contribution in [0.25, 0.3) is 0 Å². The summed E-state index contributed by atoms with van der Waals surface area (Å²) in [5.41, 5.74) is 7.56. The highest BCUT2D eigenvalue weighted by molar-refractivity contribution is 5.82. The molecule has 1 amide bonds. The number of rotatable bonds is 4. The maximum atomic E-state index is 12.0. The zero-order valence-electron chi connectivity index (χ0n) is 12.3. The van der Waals surface area contributed by atoms with Crippen LogP contribution in [0.3, 0.4) is 0 Å². The Labute approximate surface area is 120 Å². The van der Waals surface area contributed by atoms with Crippen LogP contribution < -0.4 is 15.4 Å². The summed E-state index contributed by atoms with van der Waals surface area (Å²) in [4.78, 5) is 15.8. The molecule has 0 spiro atoms. The fourth-order valence-electron chi connectivity index (χ4n) is 2.26. The first kappa shape index (κ1) is 14.5. The lowest BCUT2D eigenvalue weighted by atomic mass is 10.2. The minimum atomic E-state index is 0.148. The molecule has 0 bridgehead atoms. The lowest BCUT2D eigenvalue weighted by Crippen LogP contribution is -2.34. The van der Waals surface area contributed by atoms with Gasteiger partial charge in [0, 0.05) is 31.9 Å². The first-order valence-electron chi connectivity index (χ1n) is 7.13. The number of nitrogens with zero attached hydrogens (tertiary/aromatic N) is 2. The number of anilines is 2. The Hall–Kier alpha value is -1.91. The van der Waals surface area contributed by atoms with E-state index in [1.807, 2.05) is 25.2 Å². The number of ether oxygens (including phenoxy) is 1. The lowest BCUT2D eigenvalue weighted by molar-refractivity contribution is -0.127. The number of amides is 1. The largest absolute Gasteiger partial charge is 0.491 e.